The first-order chi connectivity index (χ1) is 8.36. The molecule has 0 atom stereocenters. The minimum absolute atomic E-state index is 0.0379. The van der Waals surface area contributed by atoms with Crippen LogP contribution in [-0.2, 0) is 14.6 Å². The van der Waals surface area contributed by atoms with Crippen molar-refractivity contribution < 1.29 is 13.2 Å². The van der Waals surface area contributed by atoms with Crippen LogP contribution in [0.2, 0.25) is 0 Å². The van der Waals surface area contributed by atoms with Crippen LogP contribution in [-0.4, -0.2) is 27.1 Å². The highest BCUT2D eigenvalue weighted by molar-refractivity contribution is 7.91. The summed E-state index contributed by atoms with van der Waals surface area (Å²) in [5.74, 6) is -0.192. The van der Waals surface area contributed by atoms with Gasteiger partial charge in [0.2, 0.25) is 5.91 Å². The summed E-state index contributed by atoms with van der Waals surface area (Å²) in [6.07, 6.45) is 0.523. The van der Waals surface area contributed by atoms with Crippen LogP contribution >= 0.6 is 0 Å². The number of hydrogen-bond acceptors (Lipinski definition) is 4. The first-order valence-electron chi connectivity index (χ1n) is 5.66. The molecule has 0 aliphatic heterocycles. The summed E-state index contributed by atoms with van der Waals surface area (Å²) in [4.78, 5) is 11.3. The Morgan fingerprint density at radius 3 is 2.61 bits per heavy atom. The van der Waals surface area contributed by atoms with Gasteiger partial charge in [-0.3, -0.25) is 4.79 Å². The van der Waals surface area contributed by atoms with Crippen molar-refractivity contribution in [1.29, 1.82) is 0 Å². The third-order valence-corrected chi connectivity index (χ3v) is 4.49. The molecule has 0 bridgehead atoms. The quantitative estimate of drug-likeness (QED) is 0.777. The van der Waals surface area contributed by atoms with E-state index in [2.05, 4.69) is 5.32 Å². The van der Waals surface area contributed by atoms with Gasteiger partial charge in [-0.05, 0) is 37.1 Å². The van der Waals surface area contributed by atoms with E-state index in [1.165, 1.54) is 13.1 Å². The van der Waals surface area contributed by atoms with Crippen molar-refractivity contribution in [1.82, 2.24) is 5.32 Å². The van der Waals surface area contributed by atoms with Gasteiger partial charge in [-0.25, -0.2) is 8.42 Å². The van der Waals surface area contributed by atoms with E-state index in [1.807, 2.05) is 0 Å². The maximum absolute atomic E-state index is 12.0. The van der Waals surface area contributed by atoms with Crippen molar-refractivity contribution in [2.45, 2.75) is 24.7 Å². The van der Waals surface area contributed by atoms with Gasteiger partial charge in [0.15, 0.2) is 9.84 Å². The molecule has 0 aliphatic rings. The summed E-state index contributed by atoms with van der Waals surface area (Å²) in [6, 6.07) is 4.64. The van der Waals surface area contributed by atoms with Crippen LogP contribution in [0.4, 0.5) is 5.69 Å². The van der Waals surface area contributed by atoms with Crippen LogP contribution in [0.1, 0.15) is 18.4 Å². The molecule has 0 spiro atoms. The number of nitrogens with two attached hydrogens (primary N) is 1. The Morgan fingerprint density at radius 2 is 2.06 bits per heavy atom. The molecule has 18 heavy (non-hydrogen) atoms. The van der Waals surface area contributed by atoms with Gasteiger partial charge in [0.1, 0.15) is 0 Å². The van der Waals surface area contributed by atoms with Crippen molar-refractivity contribution >= 4 is 21.4 Å². The average molecular weight is 270 g/mol. The number of benzene rings is 1. The van der Waals surface area contributed by atoms with Crippen LogP contribution < -0.4 is 11.1 Å². The SMILES string of the molecule is CNC(=O)CCCS(=O)(=O)c1ccc(N)c(C)c1. The van der Waals surface area contributed by atoms with Crippen LogP contribution in [0.15, 0.2) is 23.1 Å². The molecule has 0 aliphatic carbocycles. The molecule has 3 N–H and O–H groups in total. The Kier molecular flexibility index (Phi) is 4.72. The molecule has 0 saturated heterocycles. The number of nitrogens with one attached hydrogen (secondary N) is 1. The average Bonchev–Trinajstić information content (AvgIpc) is 2.32. The lowest BCUT2D eigenvalue weighted by Gasteiger charge is -2.06. The van der Waals surface area contributed by atoms with Crippen LogP contribution in [0.5, 0.6) is 0 Å². The second-order valence-electron chi connectivity index (χ2n) is 4.11. The molecule has 1 aromatic carbocycles. The molecule has 6 heteroatoms. The largest absolute Gasteiger partial charge is 0.399 e. The number of hydrogen-bond donors (Lipinski definition) is 2. The van der Waals surface area contributed by atoms with E-state index in [0.29, 0.717) is 12.1 Å². The van der Waals surface area contributed by atoms with Gasteiger partial charge < -0.3 is 11.1 Å². The summed E-state index contributed by atoms with van der Waals surface area (Å²) in [5.41, 5.74) is 6.95. The molecular weight excluding hydrogens is 252 g/mol. The van der Waals surface area contributed by atoms with Gasteiger partial charge in [0.05, 0.1) is 10.6 Å². The lowest BCUT2D eigenvalue weighted by molar-refractivity contribution is -0.120. The van der Waals surface area contributed by atoms with E-state index in [-0.39, 0.29) is 23.0 Å². The fourth-order valence-corrected chi connectivity index (χ4v) is 2.90. The van der Waals surface area contributed by atoms with Gasteiger partial charge in [-0.1, -0.05) is 0 Å². The van der Waals surface area contributed by atoms with Crippen LogP contribution in [0.3, 0.4) is 0 Å². The van der Waals surface area contributed by atoms with E-state index < -0.39 is 9.84 Å². The van der Waals surface area contributed by atoms with E-state index >= 15 is 0 Å². The molecule has 0 unspecified atom stereocenters. The van der Waals surface area contributed by atoms with E-state index in [9.17, 15) is 13.2 Å². The van der Waals surface area contributed by atoms with Gasteiger partial charge in [0.25, 0.3) is 0 Å². The Balaban J connectivity index is 2.74. The van der Waals surface area contributed by atoms with Crippen LogP contribution in [0.25, 0.3) is 0 Å². The smallest absolute Gasteiger partial charge is 0.219 e. The third kappa shape index (κ3) is 3.73. The fraction of sp³-hybridized carbons (Fsp3) is 0.417. The van der Waals surface area contributed by atoms with Crippen molar-refractivity contribution in [2.75, 3.05) is 18.5 Å². The monoisotopic (exact) mass is 270 g/mol. The number of carbonyl (C=O) groups excluding carboxylic acids is 1. The fourth-order valence-electron chi connectivity index (χ4n) is 1.51. The number of nitrogen functional groups attached to an aromatic ring is 1. The van der Waals surface area contributed by atoms with Crippen molar-refractivity contribution in [3.63, 3.8) is 0 Å². The molecule has 1 aromatic rings. The summed E-state index contributed by atoms with van der Waals surface area (Å²) in [5, 5.41) is 2.46. The molecule has 0 radical (unpaired) electrons. The number of rotatable bonds is 5. The Labute approximate surface area is 107 Å². The highest BCUT2D eigenvalue weighted by Gasteiger charge is 2.15. The summed E-state index contributed by atoms with van der Waals surface area (Å²) < 4.78 is 24.0. The number of aryl methyl sites for hydroxylation is 1. The molecule has 0 aromatic heterocycles. The zero-order valence-electron chi connectivity index (χ0n) is 10.6. The second-order valence-corrected chi connectivity index (χ2v) is 6.22. The van der Waals surface area contributed by atoms with Crippen LogP contribution in [0, 0.1) is 6.92 Å². The van der Waals surface area contributed by atoms with Gasteiger partial charge >= 0.3 is 0 Å². The topological polar surface area (TPSA) is 89.3 Å². The lowest BCUT2D eigenvalue weighted by Crippen LogP contribution is -2.18. The Hall–Kier alpha value is -1.56. The normalized spacial score (nSPS) is 11.2. The highest BCUT2D eigenvalue weighted by atomic mass is 32.2. The summed E-state index contributed by atoms with van der Waals surface area (Å²) >= 11 is 0. The molecule has 0 saturated carbocycles. The molecule has 0 heterocycles. The van der Waals surface area contributed by atoms with Gasteiger partial charge in [0, 0.05) is 19.2 Å². The number of amides is 1. The maximum atomic E-state index is 12.0. The molecule has 100 valence electrons. The van der Waals surface area contributed by atoms with E-state index in [4.69, 9.17) is 5.73 Å². The minimum Gasteiger partial charge on any atom is -0.399 e. The maximum Gasteiger partial charge on any atom is 0.219 e. The van der Waals surface area contributed by atoms with Crippen molar-refractivity contribution in [3.05, 3.63) is 23.8 Å². The predicted octanol–water partition coefficient (Wildman–Crippen LogP) is 0.877. The van der Waals surface area contributed by atoms with Crippen molar-refractivity contribution in [2.24, 2.45) is 0 Å². The Bertz CT molecular complexity index is 538. The number of carbonyl (C=O) groups is 1. The number of sulfone groups is 1. The first kappa shape index (κ1) is 14.5. The highest BCUT2D eigenvalue weighted by Crippen LogP contribution is 2.18. The predicted molar refractivity (Wildman–Crippen MR) is 70.9 cm³/mol. The molecule has 1 amide bonds. The number of anilines is 1. The van der Waals surface area contributed by atoms with Crippen molar-refractivity contribution in [3.8, 4) is 0 Å². The zero-order valence-corrected chi connectivity index (χ0v) is 11.4. The lowest BCUT2D eigenvalue weighted by atomic mass is 10.2. The van der Waals surface area contributed by atoms with Gasteiger partial charge in [-0.2, -0.15) is 0 Å². The molecule has 1 rings (SSSR count). The molecule has 5 nitrogen and oxygen atoms in total. The molecular formula is C12H18N2O3S. The van der Waals surface area contributed by atoms with E-state index in [0.717, 1.165) is 5.56 Å². The minimum atomic E-state index is -3.34. The van der Waals surface area contributed by atoms with E-state index in [1.54, 1.807) is 19.1 Å². The summed E-state index contributed by atoms with van der Waals surface area (Å²) in [6.45, 7) is 1.76. The standard InChI is InChI=1S/C12H18N2O3S/c1-9-8-10(5-6-11(9)13)18(16,17)7-3-4-12(15)14-2/h5-6,8H,3-4,7,13H2,1-2H3,(H,14,15). The second kappa shape index (κ2) is 5.86. The Morgan fingerprint density at radius 1 is 1.39 bits per heavy atom. The van der Waals surface area contributed by atoms with Gasteiger partial charge in [-0.15, -0.1) is 0 Å². The summed E-state index contributed by atoms with van der Waals surface area (Å²) in [7, 11) is -1.81. The third-order valence-electron chi connectivity index (χ3n) is 2.70. The first-order valence-corrected chi connectivity index (χ1v) is 7.31. The zero-order chi connectivity index (χ0) is 13.8. The molecule has 0 fully saturated rings.